The Morgan fingerprint density at radius 2 is 2.39 bits per heavy atom. The molecule has 1 heterocycles. The average molecular weight is 257 g/mol. The van der Waals surface area contributed by atoms with Crippen molar-refractivity contribution < 1.29 is 19.4 Å². The Hall–Kier alpha value is -0.650. The summed E-state index contributed by atoms with van der Waals surface area (Å²) in [7, 11) is 1.39. The molecule has 3 atom stereocenters. The number of hydrogen-bond donors (Lipinski definition) is 1. The molecule has 0 spiro atoms. The summed E-state index contributed by atoms with van der Waals surface area (Å²) < 4.78 is 10.3. The Bertz CT molecular complexity index is 305. The highest BCUT2D eigenvalue weighted by molar-refractivity contribution is 5.69. The van der Waals surface area contributed by atoms with Gasteiger partial charge in [0, 0.05) is 19.1 Å². The molecule has 1 aliphatic heterocycles. The van der Waals surface area contributed by atoms with Gasteiger partial charge in [-0.1, -0.05) is 0 Å². The number of hydrogen-bond acceptors (Lipinski definition) is 5. The molecule has 104 valence electrons. The highest BCUT2D eigenvalue weighted by Crippen LogP contribution is 2.34. The summed E-state index contributed by atoms with van der Waals surface area (Å²) in [5, 5.41) is 10.3. The maximum Gasteiger partial charge on any atom is 0.308 e. The van der Waals surface area contributed by atoms with Gasteiger partial charge in [0.25, 0.3) is 0 Å². The van der Waals surface area contributed by atoms with E-state index in [1.165, 1.54) is 7.11 Å². The van der Waals surface area contributed by atoms with Gasteiger partial charge in [-0.3, -0.25) is 9.69 Å². The molecule has 2 rings (SSSR count). The lowest BCUT2D eigenvalue weighted by Gasteiger charge is -2.41. The average Bonchev–Trinajstić information content (AvgIpc) is 2.69. The number of morpholine rings is 1. The zero-order valence-corrected chi connectivity index (χ0v) is 11.2. The molecule has 5 heteroatoms. The quantitative estimate of drug-likeness (QED) is 0.748. The number of methoxy groups -OCH3 is 1. The number of carbonyl (C=O) groups excluding carboxylic acids is 1. The molecule has 0 amide bonds. The van der Waals surface area contributed by atoms with Crippen molar-refractivity contribution in [2.75, 3.05) is 26.8 Å². The minimum Gasteiger partial charge on any atom is -0.469 e. The summed E-state index contributed by atoms with van der Waals surface area (Å²) >= 11 is 0. The van der Waals surface area contributed by atoms with Gasteiger partial charge in [0.15, 0.2) is 0 Å². The molecule has 0 aromatic heterocycles. The lowest BCUT2D eigenvalue weighted by atomic mass is 9.98. The van der Waals surface area contributed by atoms with Gasteiger partial charge in [0.2, 0.25) is 0 Å². The molecule has 0 aromatic carbocycles. The molecule has 5 nitrogen and oxygen atoms in total. The first-order chi connectivity index (χ1) is 8.53. The summed E-state index contributed by atoms with van der Waals surface area (Å²) in [6.45, 7) is 4.07. The molecular weight excluding hydrogens is 234 g/mol. The third kappa shape index (κ3) is 3.02. The Morgan fingerprint density at radius 3 is 3.00 bits per heavy atom. The van der Waals surface area contributed by atoms with Gasteiger partial charge in [-0.15, -0.1) is 0 Å². The second-order valence-electron chi connectivity index (χ2n) is 5.53. The van der Waals surface area contributed by atoms with Crippen LogP contribution in [0.25, 0.3) is 0 Å². The molecule has 1 aliphatic carbocycles. The van der Waals surface area contributed by atoms with Crippen LogP contribution in [0.15, 0.2) is 0 Å². The number of esters is 1. The Kier molecular flexibility index (Phi) is 4.25. The van der Waals surface area contributed by atoms with Crippen LogP contribution in [0.5, 0.6) is 0 Å². The Labute approximate surface area is 108 Å². The molecule has 2 aliphatic rings. The van der Waals surface area contributed by atoms with E-state index in [2.05, 4.69) is 9.64 Å². The predicted octanol–water partition coefficient (Wildman–Crippen LogP) is 0.554. The maximum absolute atomic E-state index is 11.3. The van der Waals surface area contributed by atoms with E-state index in [1.807, 2.05) is 6.92 Å². The summed E-state index contributed by atoms with van der Waals surface area (Å²) in [5.74, 6) is -0.236. The SMILES string of the molecule is COC(=O)CC1CN(C2CCCC2(C)O)CCO1. The van der Waals surface area contributed by atoms with Gasteiger partial charge >= 0.3 is 5.97 Å². The molecule has 2 fully saturated rings. The van der Waals surface area contributed by atoms with Gasteiger partial charge in [0.1, 0.15) is 0 Å². The summed E-state index contributed by atoms with van der Waals surface area (Å²) in [6, 6.07) is 0.196. The first-order valence-corrected chi connectivity index (χ1v) is 6.68. The van der Waals surface area contributed by atoms with E-state index < -0.39 is 5.60 Å². The van der Waals surface area contributed by atoms with Gasteiger partial charge in [-0.25, -0.2) is 0 Å². The van der Waals surface area contributed by atoms with E-state index in [0.717, 1.165) is 25.8 Å². The number of ether oxygens (including phenoxy) is 2. The van der Waals surface area contributed by atoms with Crippen LogP contribution < -0.4 is 0 Å². The van der Waals surface area contributed by atoms with Gasteiger partial charge in [0.05, 0.1) is 31.8 Å². The van der Waals surface area contributed by atoms with Crippen molar-refractivity contribution in [3.63, 3.8) is 0 Å². The summed E-state index contributed by atoms with van der Waals surface area (Å²) in [5.41, 5.74) is -0.604. The van der Waals surface area contributed by atoms with Crippen molar-refractivity contribution >= 4 is 5.97 Å². The van der Waals surface area contributed by atoms with Gasteiger partial charge in [-0.2, -0.15) is 0 Å². The third-order valence-electron chi connectivity index (χ3n) is 4.11. The number of aliphatic hydroxyl groups is 1. The fourth-order valence-electron chi connectivity index (χ4n) is 3.12. The van der Waals surface area contributed by atoms with Crippen molar-refractivity contribution in [2.24, 2.45) is 0 Å². The largest absolute Gasteiger partial charge is 0.469 e. The van der Waals surface area contributed by atoms with Crippen LogP contribution in [0, 0.1) is 0 Å². The van der Waals surface area contributed by atoms with E-state index in [4.69, 9.17) is 4.74 Å². The monoisotopic (exact) mass is 257 g/mol. The van der Waals surface area contributed by atoms with Crippen LogP contribution in [-0.2, 0) is 14.3 Å². The van der Waals surface area contributed by atoms with Crippen LogP contribution in [0.3, 0.4) is 0 Å². The van der Waals surface area contributed by atoms with Gasteiger partial charge < -0.3 is 14.6 Å². The van der Waals surface area contributed by atoms with E-state index >= 15 is 0 Å². The van der Waals surface area contributed by atoms with E-state index in [-0.39, 0.29) is 18.1 Å². The van der Waals surface area contributed by atoms with Crippen LogP contribution >= 0.6 is 0 Å². The highest BCUT2D eigenvalue weighted by Gasteiger charge is 2.42. The van der Waals surface area contributed by atoms with E-state index in [0.29, 0.717) is 19.6 Å². The molecule has 3 unspecified atom stereocenters. The normalized spacial score (nSPS) is 37.7. The molecule has 1 saturated carbocycles. The smallest absolute Gasteiger partial charge is 0.308 e. The zero-order chi connectivity index (χ0) is 13.2. The second kappa shape index (κ2) is 5.55. The highest BCUT2D eigenvalue weighted by atomic mass is 16.5. The number of carbonyl (C=O) groups is 1. The Morgan fingerprint density at radius 1 is 1.61 bits per heavy atom. The zero-order valence-electron chi connectivity index (χ0n) is 11.2. The maximum atomic E-state index is 11.3. The molecule has 0 bridgehead atoms. The van der Waals surface area contributed by atoms with E-state index in [1.54, 1.807) is 0 Å². The molecular formula is C13H23NO4. The summed E-state index contributed by atoms with van der Waals surface area (Å²) in [6.07, 6.45) is 3.13. The van der Waals surface area contributed by atoms with Crippen molar-refractivity contribution in [1.82, 2.24) is 4.90 Å². The standard InChI is InChI=1S/C13H23NO4/c1-13(16)5-3-4-11(13)14-6-7-18-10(9-14)8-12(15)17-2/h10-11,16H,3-9H2,1-2H3. The van der Waals surface area contributed by atoms with Gasteiger partial charge in [-0.05, 0) is 26.2 Å². The first-order valence-electron chi connectivity index (χ1n) is 6.68. The molecule has 1 N–H and O–H groups in total. The first kappa shape index (κ1) is 13.8. The molecule has 0 radical (unpaired) electrons. The van der Waals surface area contributed by atoms with Crippen LogP contribution in [0.1, 0.15) is 32.6 Å². The van der Waals surface area contributed by atoms with E-state index in [9.17, 15) is 9.90 Å². The van der Waals surface area contributed by atoms with Crippen molar-refractivity contribution in [3.05, 3.63) is 0 Å². The van der Waals surface area contributed by atoms with Crippen LogP contribution in [0.2, 0.25) is 0 Å². The summed E-state index contributed by atoms with van der Waals surface area (Å²) in [4.78, 5) is 13.5. The van der Waals surface area contributed by atoms with Crippen molar-refractivity contribution in [3.8, 4) is 0 Å². The Balaban J connectivity index is 1.92. The molecule has 1 saturated heterocycles. The lowest BCUT2D eigenvalue weighted by molar-refractivity contribution is -0.147. The fraction of sp³-hybridized carbons (Fsp3) is 0.923. The fourth-order valence-corrected chi connectivity index (χ4v) is 3.12. The second-order valence-corrected chi connectivity index (χ2v) is 5.53. The van der Waals surface area contributed by atoms with Crippen molar-refractivity contribution in [1.29, 1.82) is 0 Å². The minimum atomic E-state index is -0.604. The van der Waals surface area contributed by atoms with Crippen molar-refractivity contribution in [2.45, 2.75) is 50.4 Å². The number of nitrogens with zero attached hydrogens (tertiary/aromatic N) is 1. The predicted molar refractivity (Wildman–Crippen MR) is 66.2 cm³/mol. The third-order valence-corrected chi connectivity index (χ3v) is 4.11. The number of rotatable bonds is 3. The lowest BCUT2D eigenvalue weighted by Crippen LogP contribution is -2.54. The van der Waals surface area contributed by atoms with Crippen LogP contribution in [0.4, 0.5) is 0 Å². The molecule has 18 heavy (non-hydrogen) atoms. The topological polar surface area (TPSA) is 59.0 Å². The molecule has 0 aromatic rings. The minimum absolute atomic E-state index is 0.109. The van der Waals surface area contributed by atoms with Crippen LogP contribution in [-0.4, -0.2) is 60.5 Å².